The van der Waals surface area contributed by atoms with E-state index in [1.165, 1.54) is 6.21 Å². The van der Waals surface area contributed by atoms with Crippen molar-refractivity contribution in [2.45, 2.75) is 0 Å². The summed E-state index contributed by atoms with van der Waals surface area (Å²) in [6.07, 6.45) is 1.50. The molecule has 0 bridgehead atoms. The van der Waals surface area contributed by atoms with Gasteiger partial charge in [0.2, 0.25) is 11.8 Å². The van der Waals surface area contributed by atoms with Crippen LogP contribution in [0.5, 0.6) is 11.6 Å². The molecule has 0 atom stereocenters. The second kappa shape index (κ2) is 6.48. The van der Waals surface area contributed by atoms with Gasteiger partial charge in [-0.3, -0.25) is 0 Å². The molecule has 0 spiro atoms. The lowest BCUT2D eigenvalue weighted by Crippen LogP contribution is -2.21. The predicted molar refractivity (Wildman–Crippen MR) is 77.0 cm³/mol. The van der Waals surface area contributed by atoms with Crippen LogP contribution in [0.4, 0.5) is 0 Å². The van der Waals surface area contributed by atoms with Crippen molar-refractivity contribution in [1.29, 1.82) is 0 Å². The summed E-state index contributed by atoms with van der Waals surface area (Å²) < 4.78 is 5.52. The number of benzene rings is 1. The number of aromatic nitrogens is 2. The highest BCUT2D eigenvalue weighted by Gasteiger charge is 2.00. The fourth-order valence-electron chi connectivity index (χ4n) is 1.30. The van der Waals surface area contributed by atoms with Crippen LogP contribution in [0.2, 0.25) is 5.15 Å². The second-order valence-electron chi connectivity index (χ2n) is 3.64. The van der Waals surface area contributed by atoms with Crippen molar-refractivity contribution in [3.8, 4) is 11.6 Å². The van der Waals surface area contributed by atoms with Crippen LogP contribution >= 0.6 is 11.6 Å². The molecule has 7 nitrogen and oxygen atoms in total. The van der Waals surface area contributed by atoms with Crippen LogP contribution in [-0.4, -0.2) is 22.4 Å². The minimum Gasteiger partial charge on any atom is -0.438 e. The van der Waals surface area contributed by atoms with Gasteiger partial charge in [0, 0.05) is 6.07 Å². The molecule has 0 unspecified atom stereocenters. The molecular formula is C12H11ClN6O. The van der Waals surface area contributed by atoms with Gasteiger partial charge in [-0.25, -0.2) is 0 Å². The molecule has 1 aromatic carbocycles. The summed E-state index contributed by atoms with van der Waals surface area (Å²) in [5.74, 6) is 0.813. The van der Waals surface area contributed by atoms with E-state index in [0.29, 0.717) is 16.8 Å². The first-order valence-electron chi connectivity index (χ1n) is 5.52. The van der Waals surface area contributed by atoms with Crippen molar-refractivity contribution in [2.75, 3.05) is 0 Å². The van der Waals surface area contributed by atoms with Gasteiger partial charge in [-0.1, -0.05) is 23.7 Å². The third-order valence-corrected chi connectivity index (χ3v) is 2.27. The molecule has 2 aromatic rings. The molecule has 0 saturated heterocycles. The Bertz CT molecular complexity index is 637. The number of hydrogen-bond donors (Lipinski definition) is 2. The topological polar surface area (TPSA) is 112 Å². The predicted octanol–water partition coefficient (Wildman–Crippen LogP) is 1.53. The van der Waals surface area contributed by atoms with Crippen LogP contribution in [0, 0.1) is 0 Å². The second-order valence-corrected chi connectivity index (χ2v) is 4.03. The van der Waals surface area contributed by atoms with Gasteiger partial charge in [-0.05, 0) is 23.8 Å². The Balaban J connectivity index is 2.11. The molecule has 1 aromatic heterocycles. The van der Waals surface area contributed by atoms with Gasteiger partial charge in [0.05, 0.1) is 6.21 Å². The fraction of sp³-hybridized carbons (Fsp3) is 0. The van der Waals surface area contributed by atoms with E-state index >= 15 is 0 Å². The van der Waals surface area contributed by atoms with Crippen LogP contribution in [0.25, 0.3) is 0 Å². The van der Waals surface area contributed by atoms with Crippen LogP contribution in [0.15, 0.2) is 46.6 Å². The molecule has 0 aliphatic heterocycles. The summed E-state index contributed by atoms with van der Waals surface area (Å²) in [5, 5.41) is 15.0. The Morgan fingerprint density at radius 2 is 2.05 bits per heavy atom. The van der Waals surface area contributed by atoms with E-state index < -0.39 is 0 Å². The van der Waals surface area contributed by atoms with Crippen molar-refractivity contribution in [3.63, 3.8) is 0 Å². The number of nitrogens with two attached hydrogens (primary N) is 2. The molecule has 0 aliphatic carbocycles. The van der Waals surface area contributed by atoms with Gasteiger partial charge in [0.25, 0.3) is 0 Å². The molecule has 4 N–H and O–H groups in total. The zero-order chi connectivity index (χ0) is 14.4. The van der Waals surface area contributed by atoms with E-state index in [0.717, 1.165) is 5.56 Å². The maximum atomic E-state index is 5.64. The molecule has 102 valence electrons. The lowest BCUT2D eigenvalue weighted by Gasteiger charge is -2.04. The molecule has 0 amide bonds. The van der Waals surface area contributed by atoms with Crippen LogP contribution < -0.4 is 16.2 Å². The zero-order valence-electron chi connectivity index (χ0n) is 10.3. The quantitative estimate of drug-likeness (QED) is 0.504. The Morgan fingerprint density at radius 1 is 1.20 bits per heavy atom. The highest BCUT2D eigenvalue weighted by atomic mass is 35.5. The molecule has 0 radical (unpaired) electrons. The molecule has 0 aliphatic rings. The standard InChI is InChI=1S/C12H11ClN6O/c13-10-4-5-11(18-17-10)20-9-3-1-2-8(6-9)7-16-19-12(14)15/h1-7H,(H4,14,15,19). The third kappa shape index (κ3) is 4.21. The Kier molecular flexibility index (Phi) is 4.46. The Hall–Kier alpha value is -2.67. The van der Waals surface area contributed by atoms with E-state index in [1.807, 2.05) is 6.07 Å². The number of ether oxygens (including phenoxy) is 1. The average molecular weight is 291 g/mol. The van der Waals surface area contributed by atoms with E-state index in [1.54, 1.807) is 30.3 Å². The largest absolute Gasteiger partial charge is 0.438 e. The van der Waals surface area contributed by atoms with Crippen molar-refractivity contribution in [1.82, 2.24) is 10.2 Å². The molecule has 0 saturated carbocycles. The molecule has 1 heterocycles. The van der Waals surface area contributed by atoms with Crippen LogP contribution in [-0.2, 0) is 0 Å². The molecular weight excluding hydrogens is 280 g/mol. The van der Waals surface area contributed by atoms with Crippen molar-refractivity contribution < 1.29 is 4.74 Å². The smallest absolute Gasteiger partial charge is 0.238 e. The minimum atomic E-state index is -0.106. The fourth-order valence-corrected chi connectivity index (χ4v) is 1.40. The minimum absolute atomic E-state index is 0.106. The molecule has 20 heavy (non-hydrogen) atoms. The monoisotopic (exact) mass is 290 g/mol. The summed E-state index contributed by atoms with van der Waals surface area (Å²) in [5.41, 5.74) is 11.1. The highest BCUT2D eigenvalue weighted by molar-refractivity contribution is 6.29. The SMILES string of the molecule is NC(N)=NN=Cc1cccc(Oc2ccc(Cl)nn2)c1. The summed E-state index contributed by atoms with van der Waals surface area (Å²) in [7, 11) is 0. The summed E-state index contributed by atoms with van der Waals surface area (Å²) in [6.45, 7) is 0. The molecule has 2 rings (SSSR count). The number of hydrogen-bond acceptors (Lipinski definition) is 5. The summed E-state index contributed by atoms with van der Waals surface area (Å²) in [4.78, 5) is 0. The Morgan fingerprint density at radius 3 is 2.75 bits per heavy atom. The average Bonchev–Trinajstić information content (AvgIpc) is 2.41. The number of rotatable bonds is 4. The van der Waals surface area contributed by atoms with Gasteiger partial charge >= 0.3 is 0 Å². The lowest BCUT2D eigenvalue weighted by molar-refractivity contribution is 0.455. The van der Waals surface area contributed by atoms with Gasteiger partial charge in [0.1, 0.15) is 5.75 Å². The van der Waals surface area contributed by atoms with Crippen molar-refractivity contribution >= 4 is 23.8 Å². The number of guanidine groups is 1. The van der Waals surface area contributed by atoms with E-state index in [-0.39, 0.29) is 5.96 Å². The third-order valence-electron chi connectivity index (χ3n) is 2.07. The zero-order valence-corrected chi connectivity index (χ0v) is 11.0. The van der Waals surface area contributed by atoms with Crippen LogP contribution in [0.3, 0.4) is 0 Å². The van der Waals surface area contributed by atoms with Gasteiger partial charge < -0.3 is 16.2 Å². The van der Waals surface area contributed by atoms with E-state index in [2.05, 4.69) is 20.4 Å². The number of nitrogens with zero attached hydrogens (tertiary/aromatic N) is 4. The molecule has 8 heteroatoms. The lowest BCUT2D eigenvalue weighted by atomic mass is 10.2. The highest BCUT2D eigenvalue weighted by Crippen LogP contribution is 2.20. The van der Waals surface area contributed by atoms with E-state index in [4.69, 9.17) is 27.8 Å². The Labute approximate surface area is 119 Å². The first kappa shape index (κ1) is 13.8. The van der Waals surface area contributed by atoms with E-state index in [9.17, 15) is 0 Å². The summed E-state index contributed by atoms with van der Waals surface area (Å²) in [6, 6.07) is 10.4. The van der Waals surface area contributed by atoms with Gasteiger partial charge in [0.15, 0.2) is 5.15 Å². The summed E-state index contributed by atoms with van der Waals surface area (Å²) >= 11 is 5.64. The van der Waals surface area contributed by atoms with Crippen molar-refractivity contribution in [3.05, 3.63) is 47.1 Å². The van der Waals surface area contributed by atoms with Crippen LogP contribution in [0.1, 0.15) is 5.56 Å². The normalized spacial score (nSPS) is 10.4. The maximum absolute atomic E-state index is 5.64. The first-order valence-corrected chi connectivity index (χ1v) is 5.90. The van der Waals surface area contributed by atoms with Gasteiger partial charge in [-0.2, -0.15) is 5.10 Å². The maximum Gasteiger partial charge on any atom is 0.238 e. The molecule has 0 fully saturated rings. The van der Waals surface area contributed by atoms with Crippen molar-refractivity contribution in [2.24, 2.45) is 21.7 Å². The van der Waals surface area contributed by atoms with Gasteiger partial charge in [-0.15, -0.1) is 15.3 Å². The first-order chi connectivity index (χ1) is 9.63. The number of halogens is 1.